The third-order valence-electron chi connectivity index (χ3n) is 4.04. The fourth-order valence-electron chi connectivity index (χ4n) is 2.81. The first-order chi connectivity index (χ1) is 9.50. The first kappa shape index (κ1) is 14.9. The minimum atomic E-state index is -0.0708. The smallest absolute Gasteiger partial charge is 0.195 e. The summed E-state index contributed by atoms with van der Waals surface area (Å²) >= 11 is 0. The van der Waals surface area contributed by atoms with E-state index in [2.05, 4.69) is 24.3 Å². The number of aliphatic imine (C=N–C) groups is 1. The molecule has 1 aliphatic rings. The summed E-state index contributed by atoms with van der Waals surface area (Å²) in [5.41, 5.74) is 1.24. The quantitative estimate of drug-likeness (QED) is 0.670. The van der Waals surface area contributed by atoms with Crippen LogP contribution >= 0.6 is 0 Å². The molecule has 2 atom stereocenters. The van der Waals surface area contributed by atoms with Crippen molar-refractivity contribution >= 4 is 5.96 Å². The van der Waals surface area contributed by atoms with E-state index in [9.17, 15) is 5.11 Å². The minimum absolute atomic E-state index is 0.0708. The molecule has 0 saturated heterocycles. The number of benzene rings is 1. The first-order valence-corrected chi connectivity index (χ1v) is 7.05. The van der Waals surface area contributed by atoms with Gasteiger partial charge in [-0.2, -0.15) is 0 Å². The SMILES string of the molecule is CN(C)C(=NCC1(CO)CC1c1ccccc1)N(C)C. The molecule has 1 aliphatic carbocycles. The molecule has 1 fully saturated rings. The molecule has 20 heavy (non-hydrogen) atoms. The van der Waals surface area contributed by atoms with Gasteiger partial charge in [0.05, 0.1) is 13.2 Å². The van der Waals surface area contributed by atoms with Gasteiger partial charge in [0.2, 0.25) is 0 Å². The Hall–Kier alpha value is -1.55. The molecular formula is C16H25N3O. The average molecular weight is 275 g/mol. The lowest BCUT2D eigenvalue weighted by atomic mass is 10.00. The fourth-order valence-corrected chi connectivity index (χ4v) is 2.81. The van der Waals surface area contributed by atoms with E-state index in [-0.39, 0.29) is 12.0 Å². The molecule has 110 valence electrons. The lowest BCUT2D eigenvalue weighted by molar-refractivity contribution is 0.211. The molecule has 1 aromatic carbocycles. The van der Waals surface area contributed by atoms with Crippen LogP contribution in [0.15, 0.2) is 35.3 Å². The highest BCUT2D eigenvalue weighted by Gasteiger charge is 2.54. The zero-order chi connectivity index (χ0) is 14.8. The van der Waals surface area contributed by atoms with Crippen molar-refractivity contribution in [1.29, 1.82) is 0 Å². The van der Waals surface area contributed by atoms with E-state index in [0.717, 1.165) is 12.4 Å². The number of hydrogen-bond acceptors (Lipinski definition) is 2. The molecule has 4 nitrogen and oxygen atoms in total. The van der Waals surface area contributed by atoms with Gasteiger partial charge in [0.1, 0.15) is 0 Å². The van der Waals surface area contributed by atoms with Gasteiger partial charge < -0.3 is 14.9 Å². The van der Waals surface area contributed by atoms with Gasteiger partial charge in [0.25, 0.3) is 0 Å². The summed E-state index contributed by atoms with van der Waals surface area (Å²) in [7, 11) is 7.97. The second-order valence-corrected chi connectivity index (χ2v) is 6.09. The van der Waals surface area contributed by atoms with E-state index in [4.69, 9.17) is 4.99 Å². The van der Waals surface area contributed by atoms with Crippen molar-refractivity contribution < 1.29 is 5.11 Å². The topological polar surface area (TPSA) is 39.1 Å². The van der Waals surface area contributed by atoms with Gasteiger partial charge in [-0.15, -0.1) is 0 Å². The van der Waals surface area contributed by atoms with Gasteiger partial charge in [-0.1, -0.05) is 30.3 Å². The van der Waals surface area contributed by atoms with Crippen LogP contribution in [0.25, 0.3) is 0 Å². The van der Waals surface area contributed by atoms with E-state index >= 15 is 0 Å². The maximum atomic E-state index is 9.78. The van der Waals surface area contributed by atoms with Crippen LogP contribution in [0.2, 0.25) is 0 Å². The zero-order valence-corrected chi connectivity index (χ0v) is 12.9. The maximum absolute atomic E-state index is 9.78. The van der Waals surface area contributed by atoms with Gasteiger partial charge in [-0.3, -0.25) is 4.99 Å². The van der Waals surface area contributed by atoms with Crippen molar-refractivity contribution in [3.63, 3.8) is 0 Å². The minimum Gasteiger partial charge on any atom is -0.396 e. The maximum Gasteiger partial charge on any atom is 0.195 e. The Labute approximate surface area is 121 Å². The number of aliphatic hydroxyl groups excluding tert-OH is 1. The zero-order valence-electron chi connectivity index (χ0n) is 12.9. The highest BCUT2D eigenvalue weighted by atomic mass is 16.3. The van der Waals surface area contributed by atoms with Crippen molar-refractivity contribution in [2.45, 2.75) is 12.3 Å². The second-order valence-electron chi connectivity index (χ2n) is 6.09. The molecule has 0 bridgehead atoms. The van der Waals surface area contributed by atoms with Gasteiger partial charge in [0.15, 0.2) is 5.96 Å². The largest absolute Gasteiger partial charge is 0.396 e. The Morgan fingerprint density at radius 1 is 1.20 bits per heavy atom. The van der Waals surface area contributed by atoms with Crippen molar-refractivity contribution in [3.05, 3.63) is 35.9 Å². The summed E-state index contributed by atoms with van der Waals surface area (Å²) in [4.78, 5) is 8.72. The second kappa shape index (κ2) is 5.83. The predicted octanol–water partition coefficient (Wildman–Crippen LogP) is 1.63. The molecule has 2 rings (SSSR count). The van der Waals surface area contributed by atoms with Crippen molar-refractivity contribution in [2.24, 2.45) is 10.4 Å². The Kier molecular flexibility index (Phi) is 4.33. The van der Waals surface area contributed by atoms with Crippen LogP contribution in [0, 0.1) is 5.41 Å². The molecule has 0 spiro atoms. The van der Waals surface area contributed by atoms with E-state index < -0.39 is 0 Å². The lowest BCUT2D eigenvalue weighted by Crippen LogP contribution is -2.36. The van der Waals surface area contributed by atoms with Crippen LogP contribution in [0.1, 0.15) is 17.9 Å². The van der Waals surface area contributed by atoms with E-state index in [0.29, 0.717) is 12.5 Å². The Morgan fingerprint density at radius 2 is 1.80 bits per heavy atom. The molecule has 0 radical (unpaired) electrons. The number of hydrogen-bond donors (Lipinski definition) is 1. The van der Waals surface area contributed by atoms with Crippen molar-refractivity contribution in [2.75, 3.05) is 41.3 Å². The van der Waals surface area contributed by atoms with E-state index in [1.54, 1.807) is 0 Å². The average Bonchev–Trinajstić information content (AvgIpc) is 3.14. The van der Waals surface area contributed by atoms with Crippen molar-refractivity contribution in [1.82, 2.24) is 9.80 Å². The summed E-state index contributed by atoms with van der Waals surface area (Å²) < 4.78 is 0. The van der Waals surface area contributed by atoms with Gasteiger partial charge in [-0.25, -0.2) is 0 Å². The molecule has 1 aromatic rings. The van der Waals surface area contributed by atoms with Crippen LogP contribution < -0.4 is 0 Å². The number of rotatable bonds is 4. The fraction of sp³-hybridized carbons (Fsp3) is 0.562. The lowest BCUT2D eigenvalue weighted by Gasteiger charge is -2.24. The van der Waals surface area contributed by atoms with Gasteiger partial charge in [-0.05, 0) is 17.9 Å². The van der Waals surface area contributed by atoms with E-state index in [1.165, 1.54) is 5.56 Å². The first-order valence-electron chi connectivity index (χ1n) is 7.05. The normalized spacial score (nSPS) is 24.1. The molecule has 0 aliphatic heterocycles. The molecule has 0 heterocycles. The van der Waals surface area contributed by atoms with Gasteiger partial charge >= 0.3 is 0 Å². The van der Waals surface area contributed by atoms with Crippen LogP contribution in [-0.2, 0) is 0 Å². The summed E-state index contributed by atoms with van der Waals surface area (Å²) in [5, 5.41) is 9.78. The molecular weight excluding hydrogens is 250 g/mol. The molecule has 4 heteroatoms. The summed E-state index contributed by atoms with van der Waals surface area (Å²) in [6.07, 6.45) is 1.02. The number of nitrogens with zero attached hydrogens (tertiary/aromatic N) is 3. The van der Waals surface area contributed by atoms with Crippen LogP contribution in [-0.4, -0.2) is 62.2 Å². The van der Waals surface area contributed by atoms with E-state index in [1.807, 2.05) is 44.1 Å². The molecule has 1 saturated carbocycles. The van der Waals surface area contributed by atoms with Gasteiger partial charge in [0, 0.05) is 33.6 Å². The summed E-state index contributed by atoms with van der Waals surface area (Å²) in [6.45, 7) is 0.874. The standard InChI is InChI=1S/C16H25N3O/c1-18(2)15(19(3)4)17-11-16(12-20)10-14(16)13-8-6-5-7-9-13/h5-9,14,20H,10-12H2,1-4H3. The highest BCUT2D eigenvalue weighted by Crippen LogP contribution is 2.59. The monoisotopic (exact) mass is 275 g/mol. The molecule has 2 unspecified atom stereocenters. The summed E-state index contributed by atoms with van der Waals surface area (Å²) in [5.74, 6) is 1.37. The van der Waals surface area contributed by atoms with Crippen LogP contribution in [0.3, 0.4) is 0 Å². The highest BCUT2D eigenvalue weighted by molar-refractivity contribution is 5.79. The molecule has 0 amide bonds. The van der Waals surface area contributed by atoms with Crippen LogP contribution in [0.4, 0.5) is 0 Å². The van der Waals surface area contributed by atoms with Crippen molar-refractivity contribution in [3.8, 4) is 0 Å². The predicted molar refractivity (Wildman–Crippen MR) is 83.0 cm³/mol. The third-order valence-corrected chi connectivity index (χ3v) is 4.04. The number of guanidine groups is 1. The molecule has 0 aromatic heterocycles. The number of aliphatic hydroxyl groups is 1. The van der Waals surface area contributed by atoms with Crippen LogP contribution in [0.5, 0.6) is 0 Å². The Balaban J connectivity index is 2.10. The molecule has 1 N–H and O–H groups in total. The summed E-state index contributed by atoms with van der Waals surface area (Å²) in [6, 6.07) is 10.4. The Morgan fingerprint density at radius 3 is 2.30 bits per heavy atom. The third kappa shape index (κ3) is 2.96. The Bertz CT molecular complexity index is 460.